The number of anilines is 1. The second-order valence-electron chi connectivity index (χ2n) is 5.34. The van der Waals surface area contributed by atoms with Gasteiger partial charge in [0.25, 0.3) is 5.91 Å². The standard InChI is InChI=1S/C16H15N5O/c1-10(5-17)7-21-9-13-12(11-6-19-20(2)8-11)3-4-14(18)15(13)16(21)22/h3-4,6,8H,1,7,9,18H2,2H3. The topological polar surface area (TPSA) is 87.9 Å². The first kappa shape index (κ1) is 13.9. The molecule has 110 valence electrons. The summed E-state index contributed by atoms with van der Waals surface area (Å²) in [5.41, 5.74) is 10.1. The van der Waals surface area contributed by atoms with Gasteiger partial charge in [0.05, 0.1) is 24.4 Å². The van der Waals surface area contributed by atoms with Gasteiger partial charge in [0.1, 0.15) is 0 Å². The lowest BCUT2D eigenvalue weighted by molar-refractivity contribution is 0.0795. The molecule has 2 N–H and O–H groups in total. The number of nitrogens with two attached hydrogens (primary N) is 1. The molecule has 0 saturated carbocycles. The first-order chi connectivity index (χ1) is 10.5. The molecular formula is C16H15N5O. The second-order valence-corrected chi connectivity index (χ2v) is 5.34. The van der Waals surface area contributed by atoms with Gasteiger partial charge in [-0.1, -0.05) is 12.6 Å². The van der Waals surface area contributed by atoms with Crippen LogP contribution in [0.15, 0.2) is 36.7 Å². The van der Waals surface area contributed by atoms with Gasteiger partial charge in [-0.2, -0.15) is 10.4 Å². The van der Waals surface area contributed by atoms with Crippen molar-refractivity contribution in [2.45, 2.75) is 6.54 Å². The Kier molecular flexibility index (Phi) is 3.18. The summed E-state index contributed by atoms with van der Waals surface area (Å²) in [6.45, 7) is 4.28. The summed E-state index contributed by atoms with van der Waals surface area (Å²) in [6.07, 6.45) is 3.65. The predicted molar refractivity (Wildman–Crippen MR) is 82.5 cm³/mol. The van der Waals surface area contributed by atoms with Crippen LogP contribution >= 0.6 is 0 Å². The number of amides is 1. The van der Waals surface area contributed by atoms with Crippen molar-refractivity contribution in [3.8, 4) is 17.2 Å². The van der Waals surface area contributed by atoms with Crippen molar-refractivity contribution < 1.29 is 4.79 Å². The largest absolute Gasteiger partial charge is 0.398 e. The molecule has 2 aromatic rings. The molecule has 6 nitrogen and oxygen atoms in total. The number of hydrogen-bond acceptors (Lipinski definition) is 4. The fourth-order valence-corrected chi connectivity index (χ4v) is 2.73. The van der Waals surface area contributed by atoms with Crippen LogP contribution in [-0.4, -0.2) is 27.1 Å². The van der Waals surface area contributed by atoms with E-state index in [0.717, 1.165) is 16.7 Å². The monoisotopic (exact) mass is 293 g/mol. The van der Waals surface area contributed by atoms with Crippen LogP contribution in [0.2, 0.25) is 0 Å². The molecule has 1 aromatic heterocycles. The fourth-order valence-electron chi connectivity index (χ4n) is 2.73. The highest BCUT2D eigenvalue weighted by Crippen LogP contribution is 2.36. The molecule has 1 aliphatic rings. The van der Waals surface area contributed by atoms with Crippen molar-refractivity contribution in [2.75, 3.05) is 12.3 Å². The van der Waals surface area contributed by atoms with Gasteiger partial charge in [-0.25, -0.2) is 0 Å². The molecule has 0 radical (unpaired) electrons. The maximum Gasteiger partial charge on any atom is 0.256 e. The lowest BCUT2D eigenvalue weighted by Gasteiger charge is -2.14. The van der Waals surface area contributed by atoms with Crippen molar-refractivity contribution in [3.05, 3.63) is 47.8 Å². The summed E-state index contributed by atoms with van der Waals surface area (Å²) in [4.78, 5) is 14.1. The van der Waals surface area contributed by atoms with Gasteiger partial charge in [0.2, 0.25) is 0 Å². The van der Waals surface area contributed by atoms with Crippen molar-refractivity contribution in [2.24, 2.45) is 7.05 Å². The Morgan fingerprint density at radius 3 is 2.95 bits per heavy atom. The first-order valence-electron chi connectivity index (χ1n) is 6.78. The van der Waals surface area contributed by atoms with Gasteiger partial charge in [-0.3, -0.25) is 9.48 Å². The van der Waals surface area contributed by atoms with Gasteiger partial charge >= 0.3 is 0 Å². The van der Waals surface area contributed by atoms with Crippen LogP contribution in [0.25, 0.3) is 11.1 Å². The van der Waals surface area contributed by atoms with Crippen molar-refractivity contribution in [3.63, 3.8) is 0 Å². The van der Waals surface area contributed by atoms with Crippen LogP contribution in [0.5, 0.6) is 0 Å². The number of aryl methyl sites for hydroxylation is 1. The summed E-state index contributed by atoms with van der Waals surface area (Å²) in [6, 6.07) is 5.61. The molecule has 1 aromatic carbocycles. The van der Waals surface area contributed by atoms with Crippen LogP contribution < -0.4 is 5.73 Å². The van der Waals surface area contributed by atoms with Crippen LogP contribution in [0.1, 0.15) is 15.9 Å². The average molecular weight is 293 g/mol. The van der Waals surface area contributed by atoms with E-state index in [1.165, 1.54) is 0 Å². The van der Waals surface area contributed by atoms with Gasteiger partial charge in [-0.05, 0) is 17.2 Å². The van der Waals surface area contributed by atoms with E-state index < -0.39 is 0 Å². The quantitative estimate of drug-likeness (QED) is 0.689. The summed E-state index contributed by atoms with van der Waals surface area (Å²) in [5, 5.41) is 13.0. The summed E-state index contributed by atoms with van der Waals surface area (Å²) >= 11 is 0. The average Bonchev–Trinajstić information content (AvgIpc) is 3.05. The molecule has 0 bridgehead atoms. The lowest BCUT2D eigenvalue weighted by atomic mass is 9.98. The molecule has 1 aliphatic heterocycles. The maximum absolute atomic E-state index is 12.5. The SMILES string of the molecule is C=C(C#N)CN1Cc2c(-c3cnn(C)c3)ccc(N)c2C1=O. The zero-order chi connectivity index (χ0) is 15.9. The van der Waals surface area contributed by atoms with Gasteiger partial charge in [-0.15, -0.1) is 0 Å². The number of benzene rings is 1. The van der Waals surface area contributed by atoms with E-state index in [9.17, 15) is 4.79 Å². The Balaban J connectivity index is 2.06. The summed E-state index contributed by atoms with van der Waals surface area (Å²) in [7, 11) is 1.84. The highest BCUT2D eigenvalue weighted by molar-refractivity contribution is 6.05. The number of nitrogens with zero attached hydrogens (tertiary/aromatic N) is 4. The number of nitriles is 1. The molecule has 0 atom stereocenters. The number of nitrogen functional groups attached to an aromatic ring is 1. The van der Waals surface area contributed by atoms with E-state index in [1.807, 2.05) is 25.4 Å². The minimum Gasteiger partial charge on any atom is -0.398 e. The minimum absolute atomic E-state index is 0.158. The van der Waals surface area contributed by atoms with Crippen LogP contribution in [0.4, 0.5) is 5.69 Å². The van der Waals surface area contributed by atoms with Crippen molar-refractivity contribution in [1.29, 1.82) is 5.26 Å². The van der Waals surface area contributed by atoms with Gasteiger partial charge in [0.15, 0.2) is 0 Å². The number of carbonyl (C=O) groups is 1. The van der Waals surface area contributed by atoms with E-state index in [2.05, 4.69) is 11.7 Å². The number of rotatable bonds is 3. The number of fused-ring (bicyclic) bond motifs is 1. The highest BCUT2D eigenvalue weighted by atomic mass is 16.2. The van der Waals surface area contributed by atoms with E-state index in [-0.39, 0.29) is 12.5 Å². The zero-order valence-electron chi connectivity index (χ0n) is 12.2. The molecule has 3 rings (SSSR count). The molecule has 1 amide bonds. The maximum atomic E-state index is 12.5. The number of hydrogen-bond donors (Lipinski definition) is 1. The van der Waals surface area contributed by atoms with Gasteiger partial charge in [0, 0.05) is 36.6 Å². The Bertz CT molecular complexity index is 828. The number of carbonyl (C=O) groups excluding carboxylic acids is 1. The highest BCUT2D eigenvalue weighted by Gasteiger charge is 2.32. The van der Waals surface area contributed by atoms with Gasteiger partial charge < -0.3 is 10.6 Å². The minimum atomic E-state index is -0.158. The molecule has 2 heterocycles. The fraction of sp³-hybridized carbons (Fsp3) is 0.188. The Morgan fingerprint density at radius 2 is 2.32 bits per heavy atom. The molecule has 0 fully saturated rings. The second kappa shape index (κ2) is 5.04. The summed E-state index contributed by atoms with van der Waals surface area (Å²) in [5.74, 6) is -0.158. The van der Waals surface area contributed by atoms with E-state index in [1.54, 1.807) is 21.8 Å². The predicted octanol–water partition coefficient (Wildman–Crippen LogP) is 1.70. The molecule has 0 unspecified atom stereocenters. The molecule has 0 spiro atoms. The van der Waals surface area contributed by atoms with E-state index in [4.69, 9.17) is 11.0 Å². The molecule has 22 heavy (non-hydrogen) atoms. The Morgan fingerprint density at radius 1 is 1.55 bits per heavy atom. The first-order valence-corrected chi connectivity index (χ1v) is 6.78. The molecule has 6 heteroatoms. The third-order valence-corrected chi connectivity index (χ3v) is 3.75. The lowest BCUT2D eigenvalue weighted by Crippen LogP contribution is -2.26. The zero-order valence-corrected chi connectivity index (χ0v) is 12.2. The van der Waals surface area contributed by atoms with Crippen molar-refractivity contribution >= 4 is 11.6 Å². The third kappa shape index (κ3) is 2.13. The summed E-state index contributed by atoms with van der Waals surface area (Å²) < 4.78 is 1.71. The van der Waals surface area contributed by atoms with E-state index in [0.29, 0.717) is 23.4 Å². The molecule has 0 saturated heterocycles. The Labute approximate surface area is 128 Å². The molecular weight excluding hydrogens is 278 g/mol. The Hall–Kier alpha value is -3.07. The smallest absolute Gasteiger partial charge is 0.256 e. The normalized spacial score (nSPS) is 13.1. The van der Waals surface area contributed by atoms with Crippen LogP contribution in [-0.2, 0) is 13.6 Å². The molecule has 0 aliphatic carbocycles. The van der Waals surface area contributed by atoms with Crippen molar-refractivity contribution in [1.82, 2.24) is 14.7 Å². The van der Waals surface area contributed by atoms with E-state index >= 15 is 0 Å². The van der Waals surface area contributed by atoms with Crippen LogP contribution in [0, 0.1) is 11.3 Å². The number of aromatic nitrogens is 2. The third-order valence-electron chi connectivity index (χ3n) is 3.75. The van der Waals surface area contributed by atoms with Crippen LogP contribution in [0.3, 0.4) is 0 Å².